The lowest BCUT2D eigenvalue weighted by Crippen LogP contribution is -2.65. The second-order valence-electron chi connectivity index (χ2n) is 30.9. The van der Waals surface area contributed by atoms with E-state index in [1.807, 2.05) is 0 Å². The van der Waals surface area contributed by atoms with Crippen LogP contribution in [-0.2, 0) is 63.7 Å². The minimum Gasteiger partial charge on any atom is -0.507 e. The number of hydrogen-bond donors (Lipinski definition) is 23. The Balaban J connectivity index is 1.16. The van der Waals surface area contributed by atoms with Gasteiger partial charge in [0.1, 0.15) is 83.4 Å². The Labute approximate surface area is 699 Å². The van der Waals surface area contributed by atoms with Gasteiger partial charge in [-0.2, -0.15) is 0 Å². The number of rotatable bonds is 29. The molecule has 656 valence electrons. The van der Waals surface area contributed by atoms with Crippen LogP contribution in [0.1, 0.15) is 163 Å². The highest BCUT2D eigenvalue weighted by Crippen LogP contribution is 2.51. The minimum atomic E-state index is -4.85. The van der Waals surface area contributed by atoms with Crippen LogP contribution in [0.2, 0.25) is 10.0 Å². The Morgan fingerprint density at radius 1 is 0.683 bits per heavy atom. The van der Waals surface area contributed by atoms with Crippen molar-refractivity contribution in [3.05, 3.63) is 116 Å². The number of nitrogens with one attached hydrogen (secondary N) is 10. The summed E-state index contributed by atoms with van der Waals surface area (Å²) in [5.74, 6) is -17.9. The van der Waals surface area contributed by atoms with Gasteiger partial charge in [-0.3, -0.25) is 38.1 Å². The van der Waals surface area contributed by atoms with E-state index in [9.17, 15) is 84.6 Å². The van der Waals surface area contributed by atoms with Crippen molar-refractivity contribution >= 4 is 78.1 Å². The summed E-state index contributed by atoms with van der Waals surface area (Å²) in [6.45, 7) is 8.94. The molecule has 2 fully saturated rings. The average Bonchev–Trinajstić information content (AvgIpc) is 0.760. The number of phenolic OH excluding ortho intramolecular Hbond substituents is 3. The number of aromatic hydroxyl groups is 3. The number of likely N-dealkylation sites (N-methyl/N-ethyl adjacent to an activating group) is 1. The molecule has 0 saturated carbocycles. The van der Waals surface area contributed by atoms with Crippen molar-refractivity contribution in [1.29, 1.82) is 0 Å². The first kappa shape index (κ1) is 93.1. The number of benzene rings is 5. The number of primary amides is 1. The predicted molar refractivity (Wildman–Crippen MR) is 428 cm³/mol. The number of carbonyl (C=O) groups is 8. The summed E-state index contributed by atoms with van der Waals surface area (Å²) in [4.78, 5) is 138. The maximum absolute atomic E-state index is 16.3. The summed E-state index contributed by atoms with van der Waals surface area (Å²) in [5.41, 5.74) is 0.571. The van der Waals surface area contributed by atoms with Gasteiger partial charge in [0.25, 0.3) is 5.91 Å². The summed E-state index contributed by atoms with van der Waals surface area (Å²) in [7, 11) is -3.39. The number of carboxylic acids is 1. The van der Waals surface area contributed by atoms with Crippen LogP contribution >= 0.6 is 30.8 Å². The van der Waals surface area contributed by atoms with Crippen LogP contribution in [0.3, 0.4) is 0 Å². The fraction of sp³-hybridized carbons (Fsp3) is 0.519. The Morgan fingerprint density at radius 3 is 1.88 bits per heavy atom. The van der Waals surface area contributed by atoms with Crippen LogP contribution in [0.25, 0.3) is 11.1 Å². The monoisotopic (exact) mass is 1740 g/mol. The Morgan fingerprint density at radius 2 is 1.28 bits per heavy atom. The number of halogens is 2. The molecule has 5 aromatic carbocycles. The van der Waals surface area contributed by atoms with Crippen LogP contribution in [0.15, 0.2) is 72.8 Å². The number of phenols is 3. The van der Waals surface area contributed by atoms with Gasteiger partial charge in [-0.1, -0.05) is 107 Å². The van der Waals surface area contributed by atoms with Crippen molar-refractivity contribution in [2.45, 2.75) is 215 Å². The number of aliphatic carboxylic acids is 1. The lowest BCUT2D eigenvalue weighted by atomic mass is 9.85. The molecule has 0 radical (unpaired) electrons. The van der Waals surface area contributed by atoms with E-state index in [1.165, 1.54) is 51.3 Å². The van der Waals surface area contributed by atoms with Gasteiger partial charge in [0.05, 0.1) is 46.8 Å². The molecule has 41 heteroatoms. The number of aliphatic hydroxyl groups excluding tert-OH is 6. The Kier molecular flexibility index (Phi) is 31.6. The smallest absolute Gasteiger partial charge is 0.339 e. The number of fused-ring (bicyclic) bond motifs is 15. The van der Waals surface area contributed by atoms with E-state index in [1.54, 1.807) is 27.7 Å². The van der Waals surface area contributed by atoms with Crippen molar-refractivity contribution in [1.82, 2.24) is 53.2 Å². The van der Waals surface area contributed by atoms with Crippen molar-refractivity contribution < 1.29 is 132 Å². The van der Waals surface area contributed by atoms with E-state index in [-0.39, 0.29) is 35.6 Å². The molecule has 7 amide bonds. The number of nitrogens with two attached hydrogens (primary N) is 1. The highest BCUT2D eigenvalue weighted by Gasteiger charge is 2.52. The molecule has 7 aliphatic rings. The first-order valence-corrected chi connectivity index (χ1v) is 41.8. The zero-order valence-corrected chi connectivity index (χ0v) is 68.8. The molecule has 5 aromatic rings. The first-order chi connectivity index (χ1) is 56.8. The van der Waals surface area contributed by atoms with E-state index in [0.717, 1.165) is 86.5 Å². The standard InChI is InChI=1S/C79H104Cl2N11O27P/c1-7-8-9-10-11-12-13-14-21-84-22-23-86-79(5)31-54(114-36(4)69(79)101)118-68-66(100)65(99)53(33-93)117-78(68)119-67-51-28-40-29-52(67)116-50-20-17-39(27-45(50)81)63(97)60-74(106)89-58(77(109)110)42-30-48(95)43(32-85-34-120(111,112)113)64(98)55(42)41-25-37(15-18-47(41)94)56(72(104)91-60)87-73(105)57(40)88-76(108)61(70(82)102)92-75(107)59(90-71(103)46(83-6)24-35(2)3)62(96)38-16-19-49(115-51)44(80)26-38/h15-20,25-30,35-36,46,53-54,56-63,65-66,68-69,78,83-86,93-101H,7-14,21-24,31-34H2,1-6H3,(H2,82,102)(H,87,105)(H,88,108)(H,89,106)(H,90,103)(H,91,104)(H,92,107)(H,109,110)(H2,111,112,113)/t36-,46+,53+,54-,56+,57+,58-,59?,60-,61?,62+,63+,65+,66-,68+,69+,78-,79-/m0/s1. The van der Waals surface area contributed by atoms with E-state index in [2.05, 4.69) is 60.1 Å². The van der Waals surface area contributed by atoms with Gasteiger partial charge in [0, 0.05) is 48.3 Å². The zero-order chi connectivity index (χ0) is 87.5. The topological polar surface area (TPSA) is 598 Å². The molecule has 2 saturated heterocycles. The average molecular weight is 1740 g/mol. The van der Waals surface area contributed by atoms with Crippen LogP contribution < -0.4 is 73.1 Å². The molecule has 12 rings (SSSR count). The van der Waals surface area contributed by atoms with Gasteiger partial charge in [-0.15, -0.1) is 0 Å². The molecule has 38 nitrogen and oxygen atoms in total. The van der Waals surface area contributed by atoms with E-state index in [4.69, 9.17) is 57.4 Å². The first-order valence-electron chi connectivity index (χ1n) is 39.3. The number of aliphatic hydroxyl groups is 6. The highest BCUT2D eigenvalue weighted by molar-refractivity contribution is 7.51. The Bertz CT molecular complexity index is 4630. The largest absolute Gasteiger partial charge is 0.507 e. The van der Waals surface area contributed by atoms with Gasteiger partial charge in [0.15, 0.2) is 36.0 Å². The number of hydrogen-bond acceptors (Lipinski definition) is 28. The molecule has 7 aliphatic heterocycles. The minimum absolute atomic E-state index is 0.132. The van der Waals surface area contributed by atoms with Crippen LogP contribution in [0, 0.1) is 5.92 Å². The molecule has 24 N–H and O–H groups in total. The molecule has 18 atom stereocenters. The lowest BCUT2D eigenvalue weighted by Gasteiger charge is -2.48. The highest BCUT2D eigenvalue weighted by atomic mass is 35.5. The van der Waals surface area contributed by atoms with Gasteiger partial charge >= 0.3 is 13.6 Å². The zero-order valence-electron chi connectivity index (χ0n) is 66.4. The molecule has 7 heterocycles. The second-order valence-corrected chi connectivity index (χ2v) is 33.4. The molecule has 0 aromatic heterocycles. The van der Waals surface area contributed by atoms with Crippen molar-refractivity contribution in [2.75, 3.05) is 39.6 Å². The lowest BCUT2D eigenvalue weighted by molar-refractivity contribution is -0.334. The van der Waals surface area contributed by atoms with Crippen LogP contribution in [-0.4, -0.2) is 227 Å². The molecule has 2 unspecified atom stereocenters. The van der Waals surface area contributed by atoms with E-state index < -0.39 is 267 Å². The van der Waals surface area contributed by atoms with Gasteiger partial charge in [-0.05, 0) is 123 Å². The SMILES string of the molecule is CCCCCCCCCCNCCN[C@@]1(C)C[C@H](O[C@H]2[C@H](Oc3c4cc5cc3Oc3ccc(cc3Cl)[C@@H](O)[C@@H]3NC(=O)[C@H](NC(=O)[C@@H]5NC(=O)C(C(N)=O)NC(=O)C(NC(=O)[C@@H](CC(C)C)NC)[C@H](O)c5ccc(c(Cl)c5)O4)c4ccc(O)c(c4)-c4c(cc(O)c(CNCP(=O)(O)O)c4O)[C@@H](C(=O)O)NC3=O)O[C@H](CO)[C@@H](O)[C@@H]2O)O[C@@H](C)[C@H]1O. The summed E-state index contributed by atoms with van der Waals surface area (Å²) in [6, 6.07) is -3.16. The fourth-order valence-corrected chi connectivity index (χ4v) is 15.8. The number of ether oxygens (including phenoxy) is 6. The summed E-state index contributed by atoms with van der Waals surface area (Å²) in [5, 5.41) is 143. The number of carboxylic acid groups (broad SMARTS) is 1. The summed E-state index contributed by atoms with van der Waals surface area (Å²) >= 11 is 14.3. The number of carbonyl (C=O) groups excluding carboxylic acids is 7. The third kappa shape index (κ3) is 22.2. The second kappa shape index (κ2) is 40.7. The number of unbranched alkanes of at least 4 members (excludes halogenated alkanes) is 7. The normalized spacial score (nSPS) is 26.8. The molecule has 0 aliphatic carbocycles. The fourth-order valence-electron chi connectivity index (χ4n) is 15.0. The third-order valence-corrected chi connectivity index (χ3v) is 22.7. The van der Waals surface area contributed by atoms with Crippen molar-refractivity contribution in [3.63, 3.8) is 0 Å². The van der Waals surface area contributed by atoms with E-state index >= 15 is 19.2 Å². The van der Waals surface area contributed by atoms with Crippen molar-refractivity contribution in [3.8, 4) is 57.1 Å². The molecular weight excluding hydrogens is 1640 g/mol. The quantitative estimate of drug-likeness (QED) is 0.0185. The predicted octanol–water partition coefficient (Wildman–Crippen LogP) is 2.30. The molecule has 0 spiro atoms. The summed E-state index contributed by atoms with van der Waals surface area (Å²) in [6.07, 6.45) is -9.56. The van der Waals surface area contributed by atoms with E-state index in [0.29, 0.717) is 13.1 Å². The molecular formula is C79H104Cl2N11O27P. The molecule has 11 bridgehead atoms. The van der Waals surface area contributed by atoms with Gasteiger partial charge in [-0.25, -0.2) is 4.79 Å². The molecule has 120 heavy (non-hydrogen) atoms. The number of amides is 7. The van der Waals surface area contributed by atoms with Crippen molar-refractivity contribution in [2.24, 2.45) is 11.7 Å². The maximum atomic E-state index is 16.3. The van der Waals surface area contributed by atoms with Gasteiger partial charge in [0.2, 0.25) is 47.5 Å². The van der Waals surface area contributed by atoms with Crippen LogP contribution in [0.5, 0.6) is 46.0 Å². The maximum Gasteiger partial charge on any atom is 0.339 e. The third-order valence-electron chi connectivity index (χ3n) is 21.5. The summed E-state index contributed by atoms with van der Waals surface area (Å²) < 4.78 is 51.3. The van der Waals surface area contributed by atoms with Gasteiger partial charge < -0.3 is 148 Å². The Hall–Kier alpha value is -9.13. The van der Waals surface area contributed by atoms with Crippen LogP contribution in [0.4, 0.5) is 0 Å².